The van der Waals surface area contributed by atoms with Crippen LogP contribution in [0.5, 0.6) is 0 Å². The summed E-state index contributed by atoms with van der Waals surface area (Å²) >= 11 is 0. The molecule has 0 amide bonds. The van der Waals surface area contributed by atoms with Gasteiger partial charge in [0.2, 0.25) is 0 Å². The summed E-state index contributed by atoms with van der Waals surface area (Å²) in [5.74, 6) is 0. The Morgan fingerprint density at radius 1 is 1.33 bits per heavy atom. The molecule has 1 fully saturated rings. The van der Waals surface area contributed by atoms with E-state index in [-0.39, 0.29) is 12.6 Å². The highest BCUT2D eigenvalue weighted by Crippen LogP contribution is 2.20. The molecule has 1 aliphatic rings. The Morgan fingerprint density at radius 2 is 2.05 bits per heavy atom. The van der Waals surface area contributed by atoms with Crippen molar-refractivity contribution in [3.8, 4) is 0 Å². The van der Waals surface area contributed by atoms with E-state index in [1.165, 1.54) is 0 Å². The molecule has 0 saturated carbocycles. The molecular weight excluding hydrogens is 311 g/mol. The van der Waals surface area contributed by atoms with Crippen molar-refractivity contribution in [2.24, 2.45) is 0 Å². The fraction of sp³-hybridized carbons (Fsp3) is 1.00. The molecule has 0 aromatic carbocycles. The standard InChI is InChI=1S/C11H22F3N3O3S/c1-20-7-5-15-8-10-4-2-3-6-17(10)21(18,19)16-9-11(12,13)14/h10,15-16H,2-9H2,1H3. The molecular formula is C11H22F3N3O3S. The number of rotatable bonds is 8. The van der Waals surface area contributed by atoms with Crippen molar-refractivity contribution >= 4 is 10.2 Å². The normalized spacial score (nSPS) is 21.6. The van der Waals surface area contributed by atoms with Crippen LogP contribution in [-0.2, 0) is 14.9 Å². The van der Waals surface area contributed by atoms with Crippen LogP contribution in [-0.4, -0.2) is 64.8 Å². The van der Waals surface area contributed by atoms with Crippen LogP contribution < -0.4 is 10.0 Å². The highest BCUT2D eigenvalue weighted by atomic mass is 32.2. The number of alkyl halides is 3. The predicted octanol–water partition coefficient (Wildman–Crippen LogP) is 0.474. The fourth-order valence-corrected chi connectivity index (χ4v) is 3.65. The summed E-state index contributed by atoms with van der Waals surface area (Å²) in [7, 11) is -2.56. The van der Waals surface area contributed by atoms with Crippen LogP contribution in [0.1, 0.15) is 19.3 Å². The minimum absolute atomic E-state index is 0.240. The smallest absolute Gasteiger partial charge is 0.383 e. The lowest BCUT2D eigenvalue weighted by Gasteiger charge is -2.34. The average Bonchev–Trinajstić information content (AvgIpc) is 2.41. The van der Waals surface area contributed by atoms with Gasteiger partial charge in [-0.25, -0.2) is 0 Å². The van der Waals surface area contributed by atoms with E-state index in [2.05, 4.69) is 5.32 Å². The molecule has 2 N–H and O–H groups in total. The van der Waals surface area contributed by atoms with Gasteiger partial charge in [-0.05, 0) is 12.8 Å². The zero-order valence-corrected chi connectivity index (χ0v) is 12.8. The first-order chi connectivity index (χ1) is 9.76. The van der Waals surface area contributed by atoms with Gasteiger partial charge in [0.15, 0.2) is 0 Å². The first-order valence-electron chi connectivity index (χ1n) is 6.79. The van der Waals surface area contributed by atoms with Crippen molar-refractivity contribution < 1.29 is 26.3 Å². The van der Waals surface area contributed by atoms with Crippen molar-refractivity contribution in [2.45, 2.75) is 31.5 Å². The number of hydrogen-bond acceptors (Lipinski definition) is 4. The summed E-state index contributed by atoms with van der Waals surface area (Å²) in [5, 5.41) is 3.05. The quantitative estimate of drug-likeness (QED) is 0.634. The topological polar surface area (TPSA) is 70.7 Å². The molecule has 10 heteroatoms. The molecule has 1 saturated heterocycles. The number of halogens is 3. The molecule has 1 unspecified atom stereocenters. The van der Waals surface area contributed by atoms with Gasteiger partial charge < -0.3 is 10.1 Å². The summed E-state index contributed by atoms with van der Waals surface area (Å²) in [6, 6.07) is -0.332. The molecule has 1 heterocycles. The fourth-order valence-electron chi connectivity index (χ4n) is 2.19. The number of methoxy groups -OCH3 is 1. The van der Waals surface area contributed by atoms with E-state index >= 15 is 0 Å². The number of nitrogens with zero attached hydrogens (tertiary/aromatic N) is 1. The van der Waals surface area contributed by atoms with E-state index in [1.807, 2.05) is 0 Å². The second-order valence-corrected chi connectivity index (χ2v) is 6.61. The van der Waals surface area contributed by atoms with Gasteiger partial charge >= 0.3 is 6.18 Å². The van der Waals surface area contributed by atoms with Crippen LogP contribution >= 0.6 is 0 Å². The van der Waals surface area contributed by atoms with Crippen molar-refractivity contribution in [1.29, 1.82) is 0 Å². The summed E-state index contributed by atoms with van der Waals surface area (Å²) in [5.41, 5.74) is 0. The summed E-state index contributed by atoms with van der Waals surface area (Å²) in [4.78, 5) is 0. The number of hydrogen-bond donors (Lipinski definition) is 2. The number of piperidine rings is 1. The lowest BCUT2D eigenvalue weighted by atomic mass is 10.1. The molecule has 0 spiro atoms. The third-order valence-electron chi connectivity index (χ3n) is 3.20. The zero-order valence-electron chi connectivity index (χ0n) is 11.9. The van der Waals surface area contributed by atoms with E-state index in [4.69, 9.17) is 4.74 Å². The number of nitrogens with one attached hydrogen (secondary N) is 2. The van der Waals surface area contributed by atoms with Gasteiger partial charge in [-0.15, -0.1) is 0 Å². The Hall–Kier alpha value is -0.420. The lowest BCUT2D eigenvalue weighted by molar-refractivity contribution is -0.121. The Balaban J connectivity index is 2.58. The van der Waals surface area contributed by atoms with E-state index in [0.29, 0.717) is 32.5 Å². The van der Waals surface area contributed by atoms with E-state index in [9.17, 15) is 21.6 Å². The Labute approximate surface area is 123 Å². The molecule has 0 aliphatic carbocycles. The third kappa shape index (κ3) is 6.92. The second-order valence-electron chi connectivity index (χ2n) is 4.90. The van der Waals surface area contributed by atoms with Crippen molar-refractivity contribution in [3.05, 3.63) is 0 Å². The minimum Gasteiger partial charge on any atom is -0.383 e. The Morgan fingerprint density at radius 3 is 2.67 bits per heavy atom. The predicted molar refractivity (Wildman–Crippen MR) is 72.1 cm³/mol. The van der Waals surface area contributed by atoms with Crippen LogP contribution in [0.25, 0.3) is 0 Å². The van der Waals surface area contributed by atoms with Gasteiger partial charge in [0.25, 0.3) is 10.2 Å². The molecule has 0 radical (unpaired) electrons. The minimum atomic E-state index is -4.56. The molecule has 1 atom stereocenters. The van der Waals surface area contributed by atoms with Gasteiger partial charge in [0.05, 0.1) is 6.61 Å². The molecule has 1 aliphatic heterocycles. The average molecular weight is 333 g/mol. The molecule has 0 aromatic heterocycles. The summed E-state index contributed by atoms with van der Waals surface area (Å²) in [6.45, 7) is 0.151. The van der Waals surface area contributed by atoms with Gasteiger partial charge in [-0.3, -0.25) is 0 Å². The molecule has 21 heavy (non-hydrogen) atoms. The van der Waals surface area contributed by atoms with Gasteiger partial charge in [-0.2, -0.15) is 30.6 Å². The first kappa shape index (κ1) is 18.6. The lowest BCUT2D eigenvalue weighted by Crippen LogP contribution is -2.53. The van der Waals surface area contributed by atoms with Gasteiger partial charge in [0, 0.05) is 32.8 Å². The highest BCUT2D eigenvalue weighted by Gasteiger charge is 2.35. The van der Waals surface area contributed by atoms with Crippen molar-refractivity contribution in [1.82, 2.24) is 14.3 Å². The monoisotopic (exact) mass is 333 g/mol. The zero-order chi connectivity index (χ0) is 15.9. The first-order valence-corrected chi connectivity index (χ1v) is 8.23. The Bertz CT molecular complexity index is 403. The molecule has 1 rings (SSSR count). The van der Waals surface area contributed by atoms with Crippen LogP contribution in [0.2, 0.25) is 0 Å². The van der Waals surface area contributed by atoms with Gasteiger partial charge in [0.1, 0.15) is 6.54 Å². The summed E-state index contributed by atoms with van der Waals surface area (Å²) in [6.07, 6.45) is -2.41. The van der Waals surface area contributed by atoms with E-state index in [0.717, 1.165) is 10.7 Å². The van der Waals surface area contributed by atoms with Crippen molar-refractivity contribution in [2.75, 3.05) is 39.9 Å². The largest absolute Gasteiger partial charge is 0.402 e. The third-order valence-corrected chi connectivity index (χ3v) is 4.81. The van der Waals surface area contributed by atoms with E-state index in [1.54, 1.807) is 11.8 Å². The Kier molecular flexibility index (Phi) is 7.34. The van der Waals surface area contributed by atoms with Crippen LogP contribution in [0, 0.1) is 0 Å². The maximum absolute atomic E-state index is 12.2. The molecule has 6 nitrogen and oxygen atoms in total. The van der Waals surface area contributed by atoms with Crippen LogP contribution in [0.3, 0.4) is 0 Å². The second kappa shape index (κ2) is 8.28. The molecule has 126 valence electrons. The summed E-state index contributed by atoms with van der Waals surface area (Å²) < 4.78 is 68.1. The molecule has 0 bridgehead atoms. The molecule has 0 aromatic rings. The van der Waals surface area contributed by atoms with Crippen LogP contribution in [0.4, 0.5) is 13.2 Å². The highest BCUT2D eigenvalue weighted by molar-refractivity contribution is 7.87. The van der Waals surface area contributed by atoms with Crippen molar-refractivity contribution in [3.63, 3.8) is 0 Å². The van der Waals surface area contributed by atoms with E-state index < -0.39 is 22.9 Å². The van der Waals surface area contributed by atoms with Crippen LogP contribution in [0.15, 0.2) is 0 Å². The maximum Gasteiger partial charge on any atom is 0.402 e. The maximum atomic E-state index is 12.2. The SMILES string of the molecule is COCCNCC1CCCCN1S(=O)(=O)NCC(F)(F)F. The number of ether oxygens (including phenoxy) is 1. The van der Waals surface area contributed by atoms with Gasteiger partial charge in [-0.1, -0.05) is 6.42 Å².